The summed E-state index contributed by atoms with van der Waals surface area (Å²) in [7, 11) is 1.72. The van der Waals surface area contributed by atoms with E-state index >= 15 is 0 Å². The first kappa shape index (κ1) is 16.0. The predicted molar refractivity (Wildman–Crippen MR) is 92.1 cm³/mol. The molecule has 0 spiro atoms. The van der Waals surface area contributed by atoms with Crippen molar-refractivity contribution in [2.75, 3.05) is 25.1 Å². The van der Waals surface area contributed by atoms with Crippen LogP contribution in [-0.4, -0.2) is 36.4 Å². The zero-order chi connectivity index (χ0) is 16.1. The van der Waals surface area contributed by atoms with E-state index in [1.165, 1.54) is 5.69 Å². The van der Waals surface area contributed by atoms with Crippen LogP contribution in [0.15, 0.2) is 36.4 Å². The van der Waals surface area contributed by atoms with Crippen molar-refractivity contribution < 1.29 is 4.74 Å². The van der Waals surface area contributed by atoms with E-state index in [0.717, 1.165) is 43.9 Å². The smallest absolute Gasteiger partial charge is 0.151 e. The molecule has 0 radical (unpaired) electrons. The molecule has 1 aromatic carbocycles. The first-order valence-electron chi connectivity index (χ1n) is 7.85. The molecule has 6 heteroatoms. The van der Waals surface area contributed by atoms with Gasteiger partial charge in [0.05, 0.1) is 18.5 Å². The van der Waals surface area contributed by atoms with E-state index in [4.69, 9.17) is 16.3 Å². The molecule has 1 N–H and O–H groups in total. The second-order valence-electron chi connectivity index (χ2n) is 5.66. The van der Waals surface area contributed by atoms with Crippen molar-refractivity contribution in [2.45, 2.75) is 25.4 Å². The molecule has 0 amide bonds. The van der Waals surface area contributed by atoms with Crippen LogP contribution in [0.1, 0.15) is 18.5 Å². The lowest BCUT2D eigenvalue weighted by Gasteiger charge is -2.34. The van der Waals surface area contributed by atoms with Gasteiger partial charge in [0.2, 0.25) is 0 Å². The number of anilines is 1. The van der Waals surface area contributed by atoms with Crippen molar-refractivity contribution in [1.29, 1.82) is 0 Å². The Kier molecular flexibility index (Phi) is 5.31. The van der Waals surface area contributed by atoms with Gasteiger partial charge in [0, 0.05) is 25.7 Å². The normalized spacial score (nSPS) is 15.7. The van der Waals surface area contributed by atoms with E-state index in [2.05, 4.69) is 32.5 Å². The third-order valence-electron chi connectivity index (χ3n) is 4.18. The third kappa shape index (κ3) is 4.12. The summed E-state index contributed by atoms with van der Waals surface area (Å²) in [6.07, 6.45) is 2.19. The highest BCUT2D eigenvalue weighted by Crippen LogP contribution is 2.29. The first-order valence-corrected chi connectivity index (χ1v) is 8.23. The summed E-state index contributed by atoms with van der Waals surface area (Å²) in [5, 5.41) is 11.9. The van der Waals surface area contributed by atoms with Gasteiger partial charge in [0.1, 0.15) is 5.75 Å². The maximum absolute atomic E-state index is 5.75. The lowest BCUT2D eigenvalue weighted by molar-refractivity contribution is 0.396. The summed E-state index contributed by atoms with van der Waals surface area (Å²) < 4.78 is 5.46. The molecule has 3 rings (SSSR count). The highest BCUT2D eigenvalue weighted by atomic mass is 35.5. The summed E-state index contributed by atoms with van der Waals surface area (Å²) in [4.78, 5) is 2.39. The maximum atomic E-state index is 5.75. The number of benzene rings is 1. The van der Waals surface area contributed by atoms with E-state index < -0.39 is 0 Å². The molecule has 1 aliphatic rings. The van der Waals surface area contributed by atoms with Crippen molar-refractivity contribution in [2.24, 2.45) is 0 Å². The monoisotopic (exact) mass is 332 g/mol. The lowest BCUT2D eigenvalue weighted by Crippen LogP contribution is -2.42. The fourth-order valence-electron chi connectivity index (χ4n) is 2.90. The number of nitrogens with zero attached hydrogens (tertiary/aromatic N) is 3. The Morgan fingerprint density at radius 1 is 1.17 bits per heavy atom. The topological polar surface area (TPSA) is 50.3 Å². The Hall–Kier alpha value is -1.85. The van der Waals surface area contributed by atoms with Crippen molar-refractivity contribution in [3.63, 3.8) is 0 Å². The molecule has 5 nitrogen and oxygen atoms in total. The van der Waals surface area contributed by atoms with Crippen molar-refractivity contribution in [1.82, 2.24) is 15.5 Å². The largest absolute Gasteiger partial charge is 0.495 e. The molecule has 2 aromatic rings. The number of halogens is 1. The number of hydrogen-bond donors (Lipinski definition) is 1. The van der Waals surface area contributed by atoms with Crippen LogP contribution < -0.4 is 15.0 Å². The molecule has 122 valence electrons. The van der Waals surface area contributed by atoms with Gasteiger partial charge in [-0.1, -0.05) is 23.7 Å². The van der Waals surface area contributed by atoms with Crippen LogP contribution in [0.3, 0.4) is 0 Å². The van der Waals surface area contributed by atoms with E-state index in [1.54, 1.807) is 13.2 Å². The predicted octanol–water partition coefficient (Wildman–Crippen LogP) is 2.90. The molecule has 1 aromatic heterocycles. The number of para-hydroxylation sites is 2. The van der Waals surface area contributed by atoms with Gasteiger partial charge < -0.3 is 15.0 Å². The highest BCUT2D eigenvalue weighted by Gasteiger charge is 2.21. The highest BCUT2D eigenvalue weighted by molar-refractivity contribution is 6.29. The van der Waals surface area contributed by atoms with Gasteiger partial charge in [0.25, 0.3) is 0 Å². The molecule has 1 saturated heterocycles. The minimum atomic E-state index is 0.430. The first-order chi connectivity index (χ1) is 11.3. The summed E-state index contributed by atoms with van der Waals surface area (Å²) in [6, 6.07) is 12.4. The summed E-state index contributed by atoms with van der Waals surface area (Å²) in [5.74, 6) is 0.940. The molecule has 1 fully saturated rings. The second-order valence-corrected chi connectivity index (χ2v) is 6.05. The van der Waals surface area contributed by atoms with Crippen molar-refractivity contribution in [3.8, 4) is 5.75 Å². The quantitative estimate of drug-likeness (QED) is 0.912. The SMILES string of the molecule is COc1ccccc1N1CCC(NCc2ccc(Cl)nn2)CC1. The number of piperidine rings is 1. The molecule has 0 aliphatic carbocycles. The second kappa shape index (κ2) is 7.62. The number of rotatable bonds is 5. The van der Waals surface area contributed by atoms with E-state index in [1.807, 2.05) is 18.2 Å². The average Bonchev–Trinajstić information content (AvgIpc) is 2.62. The average molecular weight is 333 g/mol. The zero-order valence-electron chi connectivity index (χ0n) is 13.2. The van der Waals surface area contributed by atoms with Crippen LogP contribution in [0.25, 0.3) is 0 Å². The molecule has 0 bridgehead atoms. The number of hydrogen-bond acceptors (Lipinski definition) is 5. The van der Waals surface area contributed by atoms with Gasteiger partial charge >= 0.3 is 0 Å². The Labute approximate surface area is 141 Å². The van der Waals surface area contributed by atoms with Gasteiger partial charge in [-0.15, -0.1) is 5.10 Å². The van der Waals surface area contributed by atoms with E-state index in [-0.39, 0.29) is 0 Å². The Bertz CT molecular complexity index is 627. The number of methoxy groups -OCH3 is 1. The Balaban J connectivity index is 1.51. The van der Waals surface area contributed by atoms with E-state index in [9.17, 15) is 0 Å². The van der Waals surface area contributed by atoms with Crippen molar-refractivity contribution >= 4 is 17.3 Å². The van der Waals surface area contributed by atoms with Crippen molar-refractivity contribution in [3.05, 3.63) is 47.2 Å². The summed E-state index contributed by atoms with van der Waals surface area (Å²) >= 11 is 5.75. The maximum Gasteiger partial charge on any atom is 0.151 e. The van der Waals surface area contributed by atoms with Crippen LogP contribution in [-0.2, 0) is 6.54 Å². The lowest BCUT2D eigenvalue weighted by atomic mass is 10.0. The Morgan fingerprint density at radius 3 is 2.65 bits per heavy atom. The zero-order valence-corrected chi connectivity index (χ0v) is 14.0. The summed E-state index contributed by atoms with van der Waals surface area (Å²) in [6.45, 7) is 2.76. The van der Waals surface area contributed by atoms with Gasteiger partial charge in [-0.2, -0.15) is 5.10 Å². The summed E-state index contributed by atoms with van der Waals surface area (Å²) in [5.41, 5.74) is 2.10. The van der Waals surface area contributed by atoms with Crippen LogP contribution >= 0.6 is 11.6 Å². The molecule has 2 heterocycles. The molecular formula is C17H21ClN4O. The minimum absolute atomic E-state index is 0.430. The molecule has 0 atom stereocenters. The van der Waals surface area contributed by atoms with Crippen LogP contribution in [0.2, 0.25) is 5.15 Å². The molecule has 1 aliphatic heterocycles. The van der Waals surface area contributed by atoms with E-state index in [0.29, 0.717) is 11.2 Å². The van der Waals surface area contributed by atoms with Gasteiger partial charge in [-0.3, -0.25) is 0 Å². The molecule has 0 saturated carbocycles. The number of aromatic nitrogens is 2. The molecular weight excluding hydrogens is 312 g/mol. The van der Waals surface area contributed by atoms with Crippen LogP contribution in [0.5, 0.6) is 5.75 Å². The Morgan fingerprint density at radius 2 is 1.96 bits per heavy atom. The number of nitrogens with one attached hydrogen (secondary N) is 1. The number of ether oxygens (including phenoxy) is 1. The fraction of sp³-hybridized carbons (Fsp3) is 0.412. The fourth-order valence-corrected chi connectivity index (χ4v) is 3.00. The molecule has 0 unspecified atom stereocenters. The van der Waals surface area contributed by atoms with Crippen LogP contribution in [0, 0.1) is 0 Å². The standard InChI is InChI=1S/C17H21ClN4O/c1-23-16-5-3-2-4-15(16)22-10-8-13(9-11-22)19-12-14-6-7-17(18)21-20-14/h2-7,13,19H,8-12H2,1H3. The van der Waals surface area contributed by atoms with Gasteiger partial charge in [-0.05, 0) is 37.1 Å². The minimum Gasteiger partial charge on any atom is -0.495 e. The molecule has 23 heavy (non-hydrogen) atoms. The van der Waals surface area contributed by atoms with Crippen LogP contribution in [0.4, 0.5) is 5.69 Å². The third-order valence-corrected chi connectivity index (χ3v) is 4.38. The van der Waals surface area contributed by atoms with Gasteiger partial charge in [-0.25, -0.2) is 0 Å². The van der Waals surface area contributed by atoms with Gasteiger partial charge in [0.15, 0.2) is 5.15 Å².